The topological polar surface area (TPSA) is 58.5 Å². The van der Waals surface area contributed by atoms with E-state index in [1.54, 1.807) is 6.20 Å². The van der Waals surface area contributed by atoms with Crippen molar-refractivity contribution >= 4 is 0 Å². The van der Waals surface area contributed by atoms with Crippen LogP contribution in [0.3, 0.4) is 0 Å². The van der Waals surface area contributed by atoms with Crippen LogP contribution in [-0.2, 0) is 13.1 Å². The lowest BCUT2D eigenvalue weighted by atomic mass is 10.2. The van der Waals surface area contributed by atoms with Gasteiger partial charge in [-0.05, 0) is 30.7 Å². The highest BCUT2D eigenvalue weighted by atomic mass is 15.3. The third kappa shape index (κ3) is 2.78. The fourth-order valence-corrected chi connectivity index (χ4v) is 2.08. The van der Waals surface area contributed by atoms with E-state index in [1.165, 1.54) is 11.1 Å². The van der Waals surface area contributed by atoms with Gasteiger partial charge in [-0.2, -0.15) is 10.2 Å². The van der Waals surface area contributed by atoms with E-state index in [2.05, 4.69) is 44.9 Å². The summed E-state index contributed by atoms with van der Waals surface area (Å²) < 4.78 is 1.85. The average Bonchev–Trinajstić information content (AvgIpc) is 3.12. The number of H-pyrrole nitrogens is 1. The highest BCUT2D eigenvalue weighted by Gasteiger charge is 2.00. The number of hydrogen-bond acceptors (Lipinski definition) is 3. The Labute approximate surface area is 117 Å². The monoisotopic (exact) mass is 267 g/mol. The third-order valence-electron chi connectivity index (χ3n) is 3.28. The van der Waals surface area contributed by atoms with Crippen molar-refractivity contribution in [3.63, 3.8) is 0 Å². The van der Waals surface area contributed by atoms with Crippen LogP contribution in [0.15, 0.2) is 48.9 Å². The molecule has 0 atom stereocenters. The van der Waals surface area contributed by atoms with Gasteiger partial charge >= 0.3 is 0 Å². The Kier molecular flexibility index (Phi) is 3.60. The molecule has 3 aromatic rings. The number of hydrogen-bond donors (Lipinski definition) is 2. The van der Waals surface area contributed by atoms with Crippen molar-refractivity contribution < 1.29 is 0 Å². The standard InChI is InChI=1S/C15H17N5/c1-12-14(11-17-19-12)10-16-9-13-3-5-15(6-4-13)20-8-2-7-18-20/h2-8,11,16H,9-10H2,1H3,(H,17,19). The Morgan fingerprint density at radius 3 is 2.70 bits per heavy atom. The molecule has 1 aromatic carbocycles. The minimum Gasteiger partial charge on any atom is -0.308 e. The maximum atomic E-state index is 4.21. The Bertz CT molecular complexity index is 652. The second-order valence-corrected chi connectivity index (χ2v) is 4.74. The molecule has 2 aromatic heterocycles. The van der Waals surface area contributed by atoms with Crippen molar-refractivity contribution in [2.45, 2.75) is 20.0 Å². The summed E-state index contributed by atoms with van der Waals surface area (Å²) in [6.07, 6.45) is 5.58. The van der Waals surface area contributed by atoms with Crippen LogP contribution in [-0.4, -0.2) is 20.0 Å². The third-order valence-corrected chi connectivity index (χ3v) is 3.28. The molecule has 2 heterocycles. The zero-order valence-electron chi connectivity index (χ0n) is 11.4. The second kappa shape index (κ2) is 5.71. The SMILES string of the molecule is Cc1[nH]ncc1CNCc1ccc(-n2cccn2)cc1. The fourth-order valence-electron chi connectivity index (χ4n) is 2.08. The fraction of sp³-hybridized carbons (Fsp3) is 0.200. The summed E-state index contributed by atoms with van der Waals surface area (Å²) >= 11 is 0. The lowest BCUT2D eigenvalue weighted by Gasteiger charge is -2.06. The Morgan fingerprint density at radius 1 is 1.20 bits per heavy atom. The van der Waals surface area contributed by atoms with E-state index in [9.17, 15) is 0 Å². The van der Waals surface area contributed by atoms with Crippen molar-refractivity contribution in [1.29, 1.82) is 0 Å². The molecule has 2 N–H and O–H groups in total. The van der Waals surface area contributed by atoms with Crippen molar-refractivity contribution in [2.75, 3.05) is 0 Å². The van der Waals surface area contributed by atoms with Crippen LogP contribution in [0.1, 0.15) is 16.8 Å². The van der Waals surface area contributed by atoms with Crippen molar-refractivity contribution in [1.82, 2.24) is 25.3 Å². The van der Waals surface area contributed by atoms with Crippen LogP contribution in [0.25, 0.3) is 5.69 Å². The molecule has 0 saturated heterocycles. The molecule has 3 rings (SSSR count). The lowest BCUT2D eigenvalue weighted by Crippen LogP contribution is -2.12. The number of aromatic nitrogens is 4. The van der Waals surface area contributed by atoms with Crippen LogP contribution < -0.4 is 5.32 Å². The van der Waals surface area contributed by atoms with Gasteiger partial charge in [-0.1, -0.05) is 12.1 Å². The van der Waals surface area contributed by atoms with E-state index in [-0.39, 0.29) is 0 Å². The molecule has 0 aliphatic carbocycles. The van der Waals surface area contributed by atoms with Gasteiger partial charge in [0.15, 0.2) is 0 Å². The second-order valence-electron chi connectivity index (χ2n) is 4.74. The number of aryl methyl sites for hydroxylation is 1. The molecule has 0 spiro atoms. The molecule has 0 unspecified atom stereocenters. The van der Waals surface area contributed by atoms with E-state index in [0.717, 1.165) is 24.5 Å². The van der Waals surface area contributed by atoms with Crippen molar-refractivity contribution in [3.8, 4) is 5.69 Å². The molecule has 0 amide bonds. The minimum absolute atomic E-state index is 0.823. The molecule has 102 valence electrons. The molecule has 5 nitrogen and oxygen atoms in total. The normalized spacial score (nSPS) is 10.8. The summed E-state index contributed by atoms with van der Waals surface area (Å²) in [5, 5.41) is 14.6. The predicted octanol–water partition coefficient (Wildman–Crippen LogP) is 2.19. The molecule has 0 radical (unpaired) electrons. The first-order valence-corrected chi connectivity index (χ1v) is 6.61. The largest absolute Gasteiger partial charge is 0.308 e. The molecule has 0 aliphatic heterocycles. The van der Waals surface area contributed by atoms with Gasteiger partial charge in [0.05, 0.1) is 11.9 Å². The van der Waals surface area contributed by atoms with Gasteiger partial charge < -0.3 is 5.32 Å². The van der Waals surface area contributed by atoms with Crippen molar-refractivity contribution in [2.24, 2.45) is 0 Å². The summed E-state index contributed by atoms with van der Waals surface area (Å²) in [4.78, 5) is 0. The Balaban J connectivity index is 1.57. The van der Waals surface area contributed by atoms with Gasteiger partial charge in [0.25, 0.3) is 0 Å². The van der Waals surface area contributed by atoms with Crippen molar-refractivity contribution in [3.05, 3.63) is 65.7 Å². The maximum absolute atomic E-state index is 4.21. The first-order chi connectivity index (χ1) is 9.83. The van der Waals surface area contributed by atoms with E-state index in [1.807, 2.05) is 30.1 Å². The average molecular weight is 267 g/mol. The van der Waals surface area contributed by atoms with E-state index in [4.69, 9.17) is 0 Å². The number of rotatable bonds is 5. The number of aromatic amines is 1. The summed E-state index contributed by atoms with van der Waals surface area (Å²) in [5.74, 6) is 0. The van der Waals surface area contributed by atoms with Crippen LogP contribution in [0.4, 0.5) is 0 Å². The summed E-state index contributed by atoms with van der Waals surface area (Å²) in [6.45, 7) is 3.69. The molecule has 20 heavy (non-hydrogen) atoms. The molecular formula is C15H17N5. The van der Waals surface area contributed by atoms with Crippen LogP contribution in [0.5, 0.6) is 0 Å². The van der Waals surface area contributed by atoms with E-state index >= 15 is 0 Å². The summed E-state index contributed by atoms with van der Waals surface area (Å²) in [6, 6.07) is 10.3. The summed E-state index contributed by atoms with van der Waals surface area (Å²) in [5.41, 5.74) is 4.65. The number of nitrogens with zero attached hydrogens (tertiary/aromatic N) is 3. The quantitative estimate of drug-likeness (QED) is 0.745. The number of benzene rings is 1. The lowest BCUT2D eigenvalue weighted by molar-refractivity contribution is 0.690. The minimum atomic E-state index is 0.823. The molecule has 0 fully saturated rings. The van der Waals surface area contributed by atoms with Gasteiger partial charge in [0, 0.05) is 36.7 Å². The highest BCUT2D eigenvalue weighted by molar-refractivity contribution is 5.33. The molecule has 0 aliphatic rings. The van der Waals surface area contributed by atoms with Crippen LogP contribution >= 0.6 is 0 Å². The predicted molar refractivity (Wildman–Crippen MR) is 77.4 cm³/mol. The van der Waals surface area contributed by atoms with E-state index < -0.39 is 0 Å². The Hall–Kier alpha value is -2.40. The van der Waals surface area contributed by atoms with E-state index in [0.29, 0.717) is 0 Å². The molecule has 5 heteroatoms. The van der Waals surface area contributed by atoms with Gasteiger partial charge in [0.1, 0.15) is 0 Å². The van der Waals surface area contributed by atoms with Gasteiger partial charge in [0.2, 0.25) is 0 Å². The first kappa shape index (κ1) is 12.6. The molecule has 0 saturated carbocycles. The number of nitrogens with one attached hydrogen (secondary N) is 2. The summed E-state index contributed by atoms with van der Waals surface area (Å²) in [7, 11) is 0. The highest BCUT2D eigenvalue weighted by Crippen LogP contribution is 2.09. The van der Waals surface area contributed by atoms with Crippen LogP contribution in [0.2, 0.25) is 0 Å². The zero-order valence-corrected chi connectivity index (χ0v) is 11.4. The Morgan fingerprint density at radius 2 is 2.05 bits per heavy atom. The molecular weight excluding hydrogens is 250 g/mol. The zero-order chi connectivity index (χ0) is 13.8. The van der Waals surface area contributed by atoms with Crippen LogP contribution in [0, 0.1) is 6.92 Å². The van der Waals surface area contributed by atoms with Gasteiger partial charge in [-0.15, -0.1) is 0 Å². The maximum Gasteiger partial charge on any atom is 0.0645 e. The smallest absolute Gasteiger partial charge is 0.0645 e. The van der Waals surface area contributed by atoms with Gasteiger partial charge in [-0.25, -0.2) is 4.68 Å². The van der Waals surface area contributed by atoms with Gasteiger partial charge in [-0.3, -0.25) is 5.10 Å². The first-order valence-electron chi connectivity index (χ1n) is 6.61. The molecule has 0 bridgehead atoms.